The highest BCUT2D eigenvalue weighted by Crippen LogP contribution is 2.23. The smallest absolute Gasteiger partial charge is 0.340 e. The van der Waals surface area contributed by atoms with Crippen LogP contribution < -0.4 is 5.56 Å². The van der Waals surface area contributed by atoms with E-state index in [1.54, 1.807) is 6.92 Å². The van der Waals surface area contributed by atoms with Crippen LogP contribution in [0.25, 0.3) is 0 Å². The summed E-state index contributed by atoms with van der Waals surface area (Å²) in [4.78, 5) is 24.7. The minimum atomic E-state index is -2.89. The third-order valence-corrected chi connectivity index (χ3v) is 1.98. The van der Waals surface area contributed by atoms with Gasteiger partial charge in [0.2, 0.25) is 5.56 Å². The summed E-state index contributed by atoms with van der Waals surface area (Å²) in [7, 11) is 0. The van der Waals surface area contributed by atoms with Gasteiger partial charge < -0.3 is 9.72 Å². The fourth-order valence-electron chi connectivity index (χ4n) is 1.36. The average molecular weight is 231 g/mol. The fraction of sp³-hybridized carbons (Fsp3) is 0.400. The number of halogens is 2. The number of ether oxygens (including phenoxy) is 1. The molecule has 1 aromatic heterocycles. The molecule has 0 fully saturated rings. The highest BCUT2D eigenvalue weighted by atomic mass is 19.3. The third-order valence-electron chi connectivity index (χ3n) is 1.98. The maximum Gasteiger partial charge on any atom is 0.340 e. The SMILES string of the molecule is CCOC(=O)c1c(C(F)F)cc(=O)[nH]c1C. The van der Waals surface area contributed by atoms with Crippen LogP contribution in [0.2, 0.25) is 0 Å². The van der Waals surface area contributed by atoms with Gasteiger partial charge in [0, 0.05) is 17.3 Å². The number of aryl methyl sites for hydroxylation is 1. The molecular weight excluding hydrogens is 220 g/mol. The van der Waals surface area contributed by atoms with E-state index >= 15 is 0 Å². The molecule has 0 radical (unpaired) electrons. The van der Waals surface area contributed by atoms with Crippen LogP contribution in [-0.2, 0) is 4.74 Å². The van der Waals surface area contributed by atoms with Crippen molar-refractivity contribution in [2.75, 3.05) is 6.61 Å². The van der Waals surface area contributed by atoms with Gasteiger partial charge in [-0.3, -0.25) is 4.79 Å². The van der Waals surface area contributed by atoms with E-state index in [2.05, 4.69) is 9.72 Å². The van der Waals surface area contributed by atoms with E-state index < -0.39 is 23.5 Å². The molecule has 0 bridgehead atoms. The molecule has 1 heterocycles. The van der Waals surface area contributed by atoms with Gasteiger partial charge in [-0.2, -0.15) is 0 Å². The Morgan fingerprint density at radius 1 is 1.56 bits per heavy atom. The lowest BCUT2D eigenvalue weighted by Gasteiger charge is -2.10. The Labute approximate surface area is 90.2 Å². The first-order chi connectivity index (χ1) is 7.47. The number of alkyl halides is 2. The number of H-pyrrole nitrogens is 1. The number of pyridine rings is 1. The van der Waals surface area contributed by atoms with E-state index in [4.69, 9.17) is 0 Å². The van der Waals surface area contributed by atoms with Crippen molar-refractivity contribution in [3.63, 3.8) is 0 Å². The number of esters is 1. The molecule has 16 heavy (non-hydrogen) atoms. The van der Waals surface area contributed by atoms with Crippen LogP contribution in [-0.4, -0.2) is 17.6 Å². The third kappa shape index (κ3) is 2.44. The Kier molecular flexibility index (Phi) is 3.76. The van der Waals surface area contributed by atoms with Crippen LogP contribution in [0, 0.1) is 6.92 Å². The predicted octanol–water partition coefficient (Wildman–Crippen LogP) is 1.80. The molecule has 1 rings (SSSR count). The summed E-state index contributed by atoms with van der Waals surface area (Å²) in [5.41, 5.74) is -1.45. The van der Waals surface area contributed by atoms with Gasteiger partial charge in [-0.1, -0.05) is 0 Å². The zero-order valence-electron chi connectivity index (χ0n) is 8.84. The standard InChI is InChI=1S/C10H11F2NO3/c1-3-16-10(15)8-5(2)13-7(14)4-6(8)9(11)12/h4,9H,3H2,1-2H3,(H,13,14). The Balaban J connectivity index is 3.35. The number of aromatic nitrogens is 1. The van der Waals surface area contributed by atoms with Gasteiger partial charge in [-0.15, -0.1) is 0 Å². The Hall–Kier alpha value is -1.72. The van der Waals surface area contributed by atoms with E-state index in [0.29, 0.717) is 6.07 Å². The van der Waals surface area contributed by atoms with Crippen LogP contribution in [0.1, 0.15) is 35.0 Å². The first-order valence-corrected chi connectivity index (χ1v) is 4.66. The number of hydrogen-bond donors (Lipinski definition) is 1. The molecule has 0 atom stereocenters. The molecule has 0 aliphatic rings. The van der Waals surface area contributed by atoms with Crippen molar-refractivity contribution in [1.82, 2.24) is 4.98 Å². The van der Waals surface area contributed by atoms with Crippen molar-refractivity contribution < 1.29 is 18.3 Å². The first kappa shape index (κ1) is 12.4. The van der Waals surface area contributed by atoms with Crippen LogP contribution in [0.5, 0.6) is 0 Å². The molecular formula is C10H11F2NO3. The topological polar surface area (TPSA) is 59.2 Å². The van der Waals surface area contributed by atoms with Gasteiger partial charge in [-0.05, 0) is 13.8 Å². The maximum absolute atomic E-state index is 12.6. The molecule has 1 N–H and O–H groups in total. The number of nitrogens with one attached hydrogen (secondary N) is 1. The van der Waals surface area contributed by atoms with E-state index in [1.807, 2.05) is 0 Å². The zero-order valence-corrected chi connectivity index (χ0v) is 8.84. The van der Waals surface area contributed by atoms with E-state index in [-0.39, 0.29) is 17.9 Å². The van der Waals surface area contributed by atoms with E-state index in [1.165, 1.54) is 6.92 Å². The Morgan fingerprint density at radius 3 is 2.69 bits per heavy atom. The van der Waals surface area contributed by atoms with Gasteiger partial charge in [0.1, 0.15) is 0 Å². The summed E-state index contributed by atoms with van der Waals surface area (Å²) in [6, 6.07) is 0.712. The minimum absolute atomic E-state index is 0.0834. The summed E-state index contributed by atoms with van der Waals surface area (Å²) in [6.07, 6.45) is -2.89. The second-order valence-corrected chi connectivity index (χ2v) is 3.11. The lowest BCUT2D eigenvalue weighted by Crippen LogP contribution is -2.17. The second-order valence-electron chi connectivity index (χ2n) is 3.11. The Morgan fingerprint density at radius 2 is 2.19 bits per heavy atom. The van der Waals surface area contributed by atoms with Gasteiger partial charge >= 0.3 is 5.97 Å². The molecule has 88 valence electrons. The second kappa shape index (κ2) is 4.87. The molecule has 4 nitrogen and oxygen atoms in total. The normalized spacial score (nSPS) is 10.6. The lowest BCUT2D eigenvalue weighted by atomic mass is 10.1. The molecule has 6 heteroatoms. The number of carbonyl (C=O) groups excluding carboxylic acids is 1. The molecule has 0 spiro atoms. The highest BCUT2D eigenvalue weighted by molar-refractivity contribution is 5.92. The summed E-state index contributed by atoms with van der Waals surface area (Å²) in [6.45, 7) is 3.03. The highest BCUT2D eigenvalue weighted by Gasteiger charge is 2.22. The largest absolute Gasteiger partial charge is 0.462 e. The van der Waals surface area contributed by atoms with Crippen molar-refractivity contribution in [3.05, 3.63) is 33.2 Å². The van der Waals surface area contributed by atoms with Crippen molar-refractivity contribution in [2.45, 2.75) is 20.3 Å². The van der Waals surface area contributed by atoms with E-state index in [0.717, 1.165) is 0 Å². The van der Waals surface area contributed by atoms with Crippen LogP contribution in [0.4, 0.5) is 8.78 Å². The molecule has 0 amide bonds. The molecule has 0 saturated heterocycles. The zero-order chi connectivity index (χ0) is 12.3. The quantitative estimate of drug-likeness (QED) is 0.807. The molecule has 0 aromatic carbocycles. The summed E-state index contributed by atoms with van der Waals surface area (Å²) < 4.78 is 29.9. The number of carbonyl (C=O) groups is 1. The van der Waals surface area contributed by atoms with Crippen LogP contribution in [0.3, 0.4) is 0 Å². The monoisotopic (exact) mass is 231 g/mol. The van der Waals surface area contributed by atoms with Crippen molar-refractivity contribution >= 4 is 5.97 Å². The summed E-state index contributed by atoms with van der Waals surface area (Å²) in [5.74, 6) is -0.855. The molecule has 0 saturated carbocycles. The predicted molar refractivity (Wildman–Crippen MR) is 52.7 cm³/mol. The Bertz CT molecular complexity index is 454. The summed E-state index contributed by atoms with van der Waals surface area (Å²) in [5, 5.41) is 0. The molecule has 0 aliphatic carbocycles. The molecule has 1 aromatic rings. The van der Waals surface area contributed by atoms with Crippen molar-refractivity contribution in [2.24, 2.45) is 0 Å². The van der Waals surface area contributed by atoms with E-state index in [9.17, 15) is 18.4 Å². The van der Waals surface area contributed by atoms with Gasteiger partial charge in [0.25, 0.3) is 6.43 Å². The maximum atomic E-state index is 12.6. The van der Waals surface area contributed by atoms with Gasteiger partial charge in [0.15, 0.2) is 0 Å². The fourth-order valence-corrected chi connectivity index (χ4v) is 1.36. The number of rotatable bonds is 3. The van der Waals surface area contributed by atoms with Crippen LogP contribution in [0.15, 0.2) is 10.9 Å². The first-order valence-electron chi connectivity index (χ1n) is 4.66. The van der Waals surface area contributed by atoms with Crippen molar-refractivity contribution in [3.8, 4) is 0 Å². The molecule has 0 aliphatic heterocycles. The molecule has 0 unspecified atom stereocenters. The minimum Gasteiger partial charge on any atom is -0.462 e. The average Bonchev–Trinajstić information content (AvgIpc) is 2.16. The summed E-state index contributed by atoms with van der Waals surface area (Å²) >= 11 is 0. The van der Waals surface area contributed by atoms with Crippen LogP contribution >= 0.6 is 0 Å². The van der Waals surface area contributed by atoms with Gasteiger partial charge in [-0.25, -0.2) is 13.6 Å². The van der Waals surface area contributed by atoms with Crippen molar-refractivity contribution in [1.29, 1.82) is 0 Å². The number of aromatic amines is 1. The lowest BCUT2D eigenvalue weighted by molar-refractivity contribution is 0.0513. The van der Waals surface area contributed by atoms with Gasteiger partial charge in [0.05, 0.1) is 12.2 Å². The number of hydrogen-bond acceptors (Lipinski definition) is 3.